The van der Waals surface area contributed by atoms with Crippen molar-refractivity contribution in [2.75, 3.05) is 6.61 Å². The Balaban J connectivity index is 2.03. The van der Waals surface area contributed by atoms with Crippen LogP contribution in [0.4, 0.5) is 0 Å². The van der Waals surface area contributed by atoms with Crippen LogP contribution in [0.25, 0.3) is 0 Å². The number of hydrogen-bond donors (Lipinski definition) is 0. The second kappa shape index (κ2) is 4.09. The predicted molar refractivity (Wildman–Crippen MR) is 53.8 cm³/mol. The van der Waals surface area contributed by atoms with Gasteiger partial charge in [0.05, 0.1) is 6.61 Å². The van der Waals surface area contributed by atoms with Gasteiger partial charge in [-0.2, -0.15) is 0 Å². The normalized spacial score (nSPS) is 18.6. The fourth-order valence-electron chi connectivity index (χ4n) is 1.49. The molecule has 1 aliphatic heterocycles. The highest BCUT2D eigenvalue weighted by Gasteiger charge is 2.17. The lowest BCUT2D eigenvalue weighted by atomic mass is 10.1. The van der Waals surface area contributed by atoms with E-state index in [1.165, 1.54) is 5.56 Å². The highest BCUT2D eigenvalue weighted by molar-refractivity contribution is 5.90. The zero-order chi connectivity index (χ0) is 9.80. The van der Waals surface area contributed by atoms with Crippen LogP contribution in [0, 0.1) is 0 Å². The fraction of sp³-hybridized carbons (Fsp3) is 0.250. The topological polar surface area (TPSA) is 26.3 Å². The monoisotopic (exact) mass is 188 g/mol. The van der Waals surface area contributed by atoms with E-state index >= 15 is 0 Å². The van der Waals surface area contributed by atoms with Gasteiger partial charge in [-0.3, -0.25) is 0 Å². The number of rotatable bonds is 2. The minimum atomic E-state index is -0.152. The highest BCUT2D eigenvalue weighted by Crippen LogP contribution is 2.14. The second-order valence-corrected chi connectivity index (χ2v) is 3.31. The van der Waals surface area contributed by atoms with E-state index in [4.69, 9.17) is 4.74 Å². The minimum absolute atomic E-state index is 0.152. The summed E-state index contributed by atoms with van der Waals surface area (Å²) in [4.78, 5) is 11.1. The van der Waals surface area contributed by atoms with Crippen LogP contribution in [-0.2, 0) is 16.0 Å². The maximum atomic E-state index is 11.1. The molecule has 2 rings (SSSR count). The van der Waals surface area contributed by atoms with Crippen molar-refractivity contribution in [3.05, 3.63) is 47.5 Å². The van der Waals surface area contributed by atoms with Gasteiger partial charge < -0.3 is 4.74 Å². The number of carbonyl (C=O) groups is 1. The Morgan fingerprint density at radius 2 is 2.07 bits per heavy atom. The molecule has 14 heavy (non-hydrogen) atoms. The van der Waals surface area contributed by atoms with Crippen molar-refractivity contribution in [3.8, 4) is 0 Å². The van der Waals surface area contributed by atoms with Crippen molar-refractivity contribution in [2.24, 2.45) is 0 Å². The van der Waals surface area contributed by atoms with Crippen LogP contribution in [0.1, 0.15) is 12.0 Å². The summed E-state index contributed by atoms with van der Waals surface area (Å²) in [6.45, 7) is 0.541. The Bertz CT molecular complexity index is 352. The zero-order valence-corrected chi connectivity index (χ0v) is 7.90. The van der Waals surface area contributed by atoms with Gasteiger partial charge in [-0.15, -0.1) is 0 Å². The Labute approximate surface area is 83.2 Å². The minimum Gasteiger partial charge on any atom is -0.462 e. The molecule has 0 bridgehead atoms. The summed E-state index contributed by atoms with van der Waals surface area (Å²) in [5.74, 6) is -0.152. The van der Waals surface area contributed by atoms with Gasteiger partial charge >= 0.3 is 5.97 Å². The number of ether oxygens (including phenoxy) is 1. The summed E-state index contributed by atoms with van der Waals surface area (Å²) in [7, 11) is 0. The van der Waals surface area contributed by atoms with Crippen molar-refractivity contribution in [1.82, 2.24) is 0 Å². The van der Waals surface area contributed by atoms with Gasteiger partial charge in [-0.05, 0) is 12.0 Å². The molecule has 0 unspecified atom stereocenters. The van der Waals surface area contributed by atoms with E-state index in [0.717, 1.165) is 18.4 Å². The van der Waals surface area contributed by atoms with Crippen LogP contribution in [0.2, 0.25) is 0 Å². The third-order valence-electron chi connectivity index (χ3n) is 2.29. The van der Waals surface area contributed by atoms with Crippen molar-refractivity contribution in [1.29, 1.82) is 0 Å². The molecule has 0 aliphatic carbocycles. The first-order valence-corrected chi connectivity index (χ1v) is 4.76. The lowest BCUT2D eigenvalue weighted by molar-refractivity contribution is -0.135. The van der Waals surface area contributed by atoms with Crippen LogP contribution < -0.4 is 0 Å². The van der Waals surface area contributed by atoms with E-state index in [1.54, 1.807) is 0 Å². The largest absolute Gasteiger partial charge is 0.462 e. The molecular formula is C12H12O2. The van der Waals surface area contributed by atoms with Crippen LogP contribution in [0.3, 0.4) is 0 Å². The lowest BCUT2D eigenvalue weighted by Crippen LogP contribution is -1.95. The van der Waals surface area contributed by atoms with Crippen molar-refractivity contribution >= 4 is 5.97 Å². The molecule has 0 atom stereocenters. The molecule has 0 saturated carbocycles. The smallest absolute Gasteiger partial charge is 0.333 e. The first-order valence-electron chi connectivity index (χ1n) is 4.76. The molecule has 2 heteroatoms. The molecule has 2 nitrogen and oxygen atoms in total. The van der Waals surface area contributed by atoms with Gasteiger partial charge in [0.15, 0.2) is 0 Å². The highest BCUT2D eigenvalue weighted by atomic mass is 16.5. The third-order valence-corrected chi connectivity index (χ3v) is 2.29. The van der Waals surface area contributed by atoms with Gasteiger partial charge in [-0.25, -0.2) is 4.79 Å². The number of carbonyl (C=O) groups excluding carboxylic acids is 1. The van der Waals surface area contributed by atoms with Crippen molar-refractivity contribution in [2.45, 2.75) is 12.8 Å². The Kier molecular flexibility index (Phi) is 2.63. The fourth-order valence-corrected chi connectivity index (χ4v) is 1.49. The number of cyclic esters (lactones) is 1. The predicted octanol–water partition coefficient (Wildman–Crippen LogP) is 2.10. The molecule has 1 aliphatic rings. The Morgan fingerprint density at radius 3 is 2.71 bits per heavy atom. The van der Waals surface area contributed by atoms with Gasteiger partial charge in [0.1, 0.15) is 0 Å². The molecule has 0 amide bonds. The van der Waals surface area contributed by atoms with E-state index in [2.05, 4.69) is 12.1 Å². The standard InChI is InChI=1S/C12H12O2/c13-12-11(8-9-14-12)7-6-10-4-2-1-3-5-10/h1-5,7H,6,8-9H2/b11-7+. The SMILES string of the molecule is O=C1OCC/C1=C\Cc1ccccc1. The molecule has 72 valence electrons. The van der Waals surface area contributed by atoms with Crippen LogP contribution in [0.15, 0.2) is 42.0 Å². The van der Waals surface area contributed by atoms with Crippen LogP contribution >= 0.6 is 0 Å². The molecule has 1 fully saturated rings. The van der Waals surface area contributed by atoms with Gasteiger partial charge in [0.25, 0.3) is 0 Å². The van der Waals surface area contributed by atoms with Crippen molar-refractivity contribution < 1.29 is 9.53 Å². The van der Waals surface area contributed by atoms with Crippen LogP contribution in [0.5, 0.6) is 0 Å². The first kappa shape index (κ1) is 9.00. The molecule has 0 spiro atoms. The molecule has 0 aromatic heterocycles. The summed E-state index contributed by atoms with van der Waals surface area (Å²) in [6.07, 6.45) is 3.53. The maximum Gasteiger partial charge on any atom is 0.333 e. The first-order chi connectivity index (χ1) is 6.86. The van der Waals surface area contributed by atoms with E-state index in [1.807, 2.05) is 24.3 Å². The maximum absolute atomic E-state index is 11.1. The average Bonchev–Trinajstić information content (AvgIpc) is 2.63. The molecule has 1 aromatic rings. The molecule has 1 saturated heterocycles. The van der Waals surface area contributed by atoms with Gasteiger partial charge in [-0.1, -0.05) is 36.4 Å². The lowest BCUT2D eigenvalue weighted by Gasteiger charge is -1.95. The number of allylic oxidation sites excluding steroid dienone is 1. The number of esters is 1. The Morgan fingerprint density at radius 1 is 1.29 bits per heavy atom. The second-order valence-electron chi connectivity index (χ2n) is 3.31. The summed E-state index contributed by atoms with van der Waals surface area (Å²) < 4.78 is 4.85. The third kappa shape index (κ3) is 2.02. The zero-order valence-electron chi connectivity index (χ0n) is 7.90. The molecule has 1 aromatic carbocycles. The number of benzene rings is 1. The summed E-state index contributed by atoms with van der Waals surface area (Å²) in [6, 6.07) is 10.1. The van der Waals surface area contributed by atoms with E-state index in [0.29, 0.717) is 6.61 Å². The van der Waals surface area contributed by atoms with E-state index in [9.17, 15) is 4.79 Å². The van der Waals surface area contributed by atoms with Gasteiger partial charge in [0.2, 0.25) is 0 Å². The quantitative estimate of drug-likeness (QED) is 0.524. The summed E-state index contributed by atoms with van der Waals surface area (Å²) in [5, 5.41) is 0. The molecule has 1 heterocycles. The van der Waals surface area contributed by atoms with E-state index in [-0.39, 0.29) is 5.97 Å². The Hall–Kier alpha value is -1.57. The molecular weight excluding hydrogens is 176 g/mol. The van der Waals surface area contributed by atoms with Crippen LogP contribution in [-0.4, -0.2) is 12.6 Å². The van der Waals surface area contributed by atoms with E-state index < -0.39 is 0 Å². The molecule has 0 N–H and O–H groups in total. The summed E-state index contributed by atoms with van der Waals surface area (Å²) >= 11 is 0. The van der Waals surface area contributed by atoms with Gasteiger partial charge in [0, 0.05) is 12.0 Å². The van der Waals surface area contributed by atoms with Crippen molar-refractivity contribution in [3.63, 3.8) is 0 Å². The summed E-state index contributed by atoms with van der Waals surface area (Å²) in [5.41, 5.74) is 2.04. The molecule has 0 radical (unpaired) electrons. The average molecular weight is 188 g/mol. The number of hydrogen-bond acceptors (Lipinski definition) is 2.